The van der Waals surface area contributed by atoms with Gasteiger partial charge in [0.2, 0.25) is 0 Å². The molecule has 22 heavy (non-hydrogen) atoms. The minimum atomic E-state index is -0.624. The predicted octanol–water partition coefficient (Wildman–Crippen LogP) is 3.20. The Morgan fingerprint density at radius 2 is 1.86 bits per heavy atom. The van der Waals surface area contributed by atoms with E-state index in [1.54, 1.807) is 18.2 Å². The number of benzene rings is 2. The summed E-state index contributed by atoms with van der Waals surface area (Å²) in [5.74, 6) is -0.176. The lowest BCUT2D eigenvalue weighted by Gasteiger charge is -2.08. The van der Waals surface area contributed by atoms with Gasteiger partial charge < -0.3 is 9.47 Å². The van der Waals surface area contributed by atoms with Crippen LogP contribution in [0.1, 0.15) is 11.1 Å². The zero-order chi connectivity index (χ0) is 16.1. The Morgan fingerprint density at radius 1 is 1.14 bits per heavy atom. The lowest BCUT2D eigenvalue weighted by atomic mass is 10.1. The van der Waals surface area contributed by atoms with Gasteiger partial charge in [-0.3, -0.25) is 10.1 Å². The fourth-order valence-electron chi connectivity index (χ4n) is 1.81. The number of rotatable bonds is 5. The van der Waals surface area contributed by atoms with Gasteiger partial charge in [0.25, 0.3) is 0 Å². The van der Waals surface area contributed by atoms with Gasteiger partial charge in [-0.25, -0.2) is 4.79 Å². The molecule has 0 heterocycles. The fourth-order valence-corrected chi connectivity index (χ4v) is 1.81. The number of hydrogen-bond acceptors (Lipinski definition) is 5. The smallest absolute Gasteiger partial charge is 0.349 e. The quantitative estimate of drug-likeness (QED) is 0.367. The standard InChI is InChI=1S/C16H15NO5/c1-11-7-8-13(9-12(11)2)22-16(18)10-21-15-6-4-3-5-14(15)17(19)20/h3-9H,10H2,1-2H3. The number of nitro groups is 1. The van der Waals surface area contributed by atoms with Crippen molar-refractivity contribution in [1.82, 2.24) is 0 Å². The molecule has 0 aliphatic rings. The van der Waals surface area contributed by atoms with Gasteiger partial charge >= 0.3 is 11.7 Å². The van der Waals surface area contributed by atoms with Crippen LogP contribution in [0.15, 0.2) is 42.5 Å². The average Bonchev–Trinajstić information content (AvgIpc) is 2.49. The zero-order valence-corrected chi connectivity index (χ0v) is 12.2. The maximum atomic E-state index is 11.7. The largest absolute Gasteiger partial charge is 0.475 e. The first kappa shape index (κ1) is 15.5. The molecule has 0 saturated heterocycles. The molecule has 0 unspecified atom stereocenters. The van der Waals surface area contributed by atoms with Gasteiger partial charge in [0, 0.05) is 6.07 Å². The van der Waals surface area contributed by atoms with Crippen LogP contribution in [-0.2, 0) is 4.79 Å². The van der Waals surface area contributed by atoms with Crippen LogP contribution in [0.5, 0.6) is 11.5 Å². The summed E-state index contributed by atoms with van der Waals surface area (Å²) < 4.78 is 10.3. The Labute approximate surface area is 127 Å². The van der Waals surface area contributed by atoms with Crippen molar-refractivity contribution in [2.75, 3.05) is 6.61 Å². The first-order chi connectivity index (χ1) is 10.5. The number of hydrogen-bond donors (Lipinski definition) is 0. The molecule has 0 N–H and O–H groups in total. The minimum Gasteiger partial charge on any atom is -0.475 e. The number of esters is 1. The number of nitrogens with zero attached hydrogens (tertiary/aromatic N) is 1. The van der Waals surface area contributed by atoms with Crippen LogP contribution in [0.4, 0.5) is 5.69 Å². The van der Waals surface area contributed by atoms with E-state index in [4.69, 9.17) is 9.47 Å². The van der Waals surface area contributed by atoms with Gasteiger partial charge in [-0.05, 0) is 43.2 Å². The summed E-state index contributed by atoms with van der Waals surface area (Å²) in [6.45, 7) is 3.47. The third kappa shape index (κ3) is 3.82. The summed E-state index contributed by atoms with van der Waals surface area (Å²) >= 11 is 0. The molecule has 0 aromatic heterocycles. The van der Waals surface area contributed by atoms with Crippen molar-refractivity contribution in [3.05, 3.63) is 63.7 Å². The minimum absolute atomic E-state index is 0.0320. The maximum Gasteiger partial charge on any atom is 0.349 e. The SMILES string of the molecule is Cc1ccc(OC(=O)COc2ccccc2[N+](=O)[O-])cc1C. The third-order valence-corrected chi connectivity index (χ3v) is 3.12. The summed E-state index contributed by atoms with van der Waals surface area (Å²) in [6.07, 6.45) is 0. The van der Waals surface area contributed by atoms with Crippen LogP contribution in [0.3, 0.4) is 0 Å². The summed E-state index contributed by atoms with van der Waals surface area (Å²) in [5, 5.41) is 10.8. The molecule has 2 rings (SSSR count). The predicted molar refractivity (Wildman–Crippen MR) is 80.1 cm³/mol. The van der Waals surface area contributed by atoms with Crippen LogP contribution >= 0.6 is 0 Å². The number of carbonyl (C=O) groups excluding carboxylic acids is 1. The topological polar surface area (TPSA) is 78.7 Å². The number of carbonyl (C=O) groups is 1. The monoisotopic (exact) mass is 301 g/mol. The Balaban J connectivity index is 1.98. The average molecular weight is 301 g/mol. The van der Waals surface area contributed by atoms with Gasteiger partial charge in [-0.1, -0.05) is 18.2 Å². The first-order valence-corrected chi connectivity index (χ1v) is 6.61. The Hall–Kier alpha value is -2.89. The molecule has 2 aromatic carbocycles. The highest BCUT2D eigenvalue weighted by Crippen LogP contribution is 2.25. The molecule has 0 saturated carbocycles. The second-order valence-electron chi connectivity index (χ2n) is 4.73. The number of nitro benzene ring substituents is 1. The summed E-state index contributed by atoms with van der Waals surface area (Å²) in [4.78, 5) is 22.0. The summed E-state index contributed by atoms with van der Waals surface area (Å²) in [7, 11) is 0. The van der Waals surface area contributed by atoms with Crippen molar-refractivity contribution >= 4 is 11.7 Å². The fraction of sp³-hybridized carbons (Fsp3) is 0.188. The Bertz CT molecular complexity index is 711. The van der Waals surface area contributed by atoms with E-state index in [1.807, 2.05) is 19.9 Å². The normalized spacial score (nSPS) is 10.1. The van der Waals surface area contributed by atoms with Gasteiger partial charge in [0.05, 0.1) is 4.92 Å². The molecule has 0 aliphatic heterocycles. The molecule has 0 atom stereocenters. The van der Waals surface area contributed by atoms with E-state index >= 15 is 0 Å². The van der Waals surface area contributed by atoms with Gasteiger partial charge in [-0.2, -0.15) is 0 Å². The highest BCUT2D eigenvalue weighted by molar-refractivity contribution is 5.74. The van der Waals surface area contributed by atoms with E-state index in [0.29, 0.717) is 5.75 Å². The van der Waals surface area contributed by atoms with Gasteiger partial charge in [0.1, 0.15) is 5.75 Å². The number of para-hydroxylation sites is 2. The summed E-state index contributed by atoms with van der Waals surface area (Å²) in [5.41, 5.74) is 1.90. The van der Waals surface area contributed by atoms with E-state index < -0.39 is 17.5 Å². The summed E-state index contributed by atoms with van der Waals surface area (Å²) in [6, 6.07) is 11.1. The molecule has 6 nitrogen and oxygen atoms in total. The molecule has 0 aliphatic carbocycles. The lowest BCUT2D eigenvalue weighted by molar-refractivity contribution is -0.385. The maximum absolute atomic E-state index is 11.7. The van der Waals surface area contributed by atoms with Crippen molar-refractivity contribution in [3.63, 3.8) is 0 Å². The number of ether oxygens (including phenoxy) is 2. The van der Waals surface area contributed by atoms with Crippen LogP contribution in [0.25, 0.3) is 0 Å². The van der Waals surface area contributed by atoms with Crippen LogP contribution in [0.2, 0.25) is 0 Å². The molecule has 0 amide bonds. The zero-order valence-electron chi connectivity index (χ0n) is 12.2. The van der Waals surface area contributed by atoms with Crippen molar-refractivity contribution < 1.29 is 19.2 Å². The second kappa shape index (κ2) is 6.71. The Morgan fingerprint density at radius 3 is 2.55 bits per heavy atom. The van der Waals surface area contributed by atoms with E-state index in [9.17, 15) is 14.9 Å². The lowest BCUT2D eigenvalue weighted by Crippen LogP contribution is -2.18. The molecule has 2 aromatic rings. The van der Waals surface area contributed by atoms with Crippen LogP contribution < -0.4 is 9.47 Å². The molecule has 114 valence electrons. The molecular weight excluding hydrogens is 286 g/mol. The first-order valence-electron chi connectivity index (χ1n) is 6.61. The van der Waals surface area contributed by atoms with Crippen molar-refractivity contribution in [1.29, 1.82) is 0 Å². The Kier molecular flexibility index (Phi) is 4.73. The molecule has 0 spiro atoms. The number of aryl methyl sites for hydroxylation is 2. The third-order valence-electron chi connectivity index (χ3n) is 3.12. The highest BCUT2D eigenvalue weighted by atomic mass is 16.6. The molecule has 0 fully saturated rings. The van der Waals surface area contributed by atoms with E-state index in [2.05, 4.69) is 0 Å². The van der Waals surface area contributed by atoms with Gasteiger partial charge in [-0.15, -0.1) is 0 Å². The molecule has 0 radical (unpaired) electrons. The highest BCUT2D eigenvalue weighted by Gasteiger charge is 2.15. The van der Waals surface area contributed by atoms with Gasteiger partial charge in [0.15, 0.2) is 12.4 Å². The molecular formula is C16H15NO5. The molecule has 6 heteroatoms. The second-order valence-corrected chi connectivity index (χ2v) is 4.73. The van der Waals surface area contributed by atoms with Crippen molar-refractivity contribution in [3.8, 4) is 11.5 Å². The van der Waals surface area contributed by atoms with E-state index in [1.165, 1.54) is 18.2 Å². The molecule has 0 bridgehead atoms. The van der Waals surface area contributed by atoms with Crippen molar-refractivity contribution in [2.24, 2.45) is 0 Å². The van der Waals surface area contributed by atoms with Crippen LogP contribution in [-0.4, -0.2) is 17.5 Å². The van der Waals surface area contributed by atoms with Crippen molar-refractivity contribution in [2.45, 2.75) is 13.8 Å². The van der Waals surface area contributed by atoms with E-state index in [-0.39, 0.29) is 11.4 Å². The van der Waals surface area contributed by atoms with E-state index in [0.717, 1.165) is 11.1 Å². The van der Waals surface area contributed by atoms with Crippen LogP contribution in [0, 0.1) is 24.0 Å².